The molecule has 5 nitrogen and oxygen atoms in total. The SMILES string of the molecule is Cc1noc(CSc2ccccc2C(=O)N(C)Cc2ccccc2F)n1. The van der Waals surface area contributed by atoms with Crippen LogP contribution in [0.25, 0.3) is 0 Å². The topological polar surface area (TPSA) is 59.2 Å². The summed E-state index contributed by atoms with van der Waals surface area (Å²) in [6, 6.07) is 13.8. The Kier molecular flexibility index (Phi) is 5.68. The molecule has 0 unspecified atom stereocenters. The molecule has 1 aromatic heterocycles. The monoisotopic (exact) mass is 371 g/mol. The molecule has 0 aliphatic rings. The zero-order valence-corrected chi connectivity index (χ0v) is 15.3. The zero-order chi connectivity index (χ0) is 18.5. The second kappa shape index (κ2) is 8.14. The summed E-state index contributed by atoms with van der Waals surface area (Å²) in [5.41, 5.74) is 1.04. The fraction of sp³-hybridized carbons (Fsp3) is 0.211. The lowest BCUT2D eigenvalue weighted by molar-refractivity contribution is 0.0780. The van der Waals surface area contributed by atoms with E-state index in [4.69, 9.17) is 4.52 Å². The molecule has 0 atom stereocenters. The maximum absolute atomic E-state index is 13.8. The first-order valence-electron chi connectivity index (χ1n) is 8.04. The van der Waals surface area contributed by atoms with Crippen molar-refractivity contribution in [3.63, 3.8) is 0 Å². The minimum Gasteiger partial charge on any atom is -0.338 e. The van der Waals surface area contributed by atoms with E-state index in [-0.39, 0.29) is 18.3 Å². The molecule has 134 valence electrons. The van der Waals surface area contributed by atoms with Crippen LogP contribution >= 0.6 is 11.8 Å². The highest BCUT2D eigenvalue weighted by Gasteiger charge is 2.17. The number of nitrogens with zero attached hydrogens (tertiary/aromatic N) is 3. The molecule has 3 rings (SSSR count). The van der Waals surface area contributed by atoms with Gasteiger partial charge in [-0.05, 0) is 25.1 Å². The van der Waals surface area contributed by atoms with E-state index < -0.39 is 0 Å². The minimum atomic E-state index is -0.318. The largest absolute Gasteiger partial charge is 0.338 e. The Hall–Kier alpha value is -2.67. The van der Waals surface area contributed by atoms with Gasteiger partial charge in [-0.1, -0.05) is 35.5 Å². The van der Waals surface area contributed by atoms with Gasteiger partial charge in [0.15, 0.2) is 5.82 Å². The van der Waals surface area contributed by atoms with Crippen LogP contribution in [0.4, 0.5) is 4.39 Å². The van der Waals surface area contributed by atoms with Crippen molar-refractivity contribution in [3.8, 4) is 0 Å². The smallest absolute Gasteiger partial charge is 0.255 e. The molecule has 0 aliphatic heterocycles. The second-order valence-electron chi connectivity index (χ2n) is 5.77. The average molecular weight is 371 g/mol. The summed E-state index contributed by atoms with van der Waals surface area (Å²) >= 11 is 1.45. The normalized spacial score (nSPS) is 10.7. The first-order valence-corrected chi connectivity index (χ1v) is 9.03. The van der Waals surface area contributed by atoms with Gasteiger partial charge in [-0.15, -0.1) is 11.8 Å². The molecular formula is C19H18FN3O2S. The molecule has 2 aromatic carbocycles. The first kappa shape index (κ1) is 18.1. The third-order valence-corrected chi connectivity index (χ3v) is 4.81. The summed E-state index contributed by atoms with van der Waals surface area (Å²) < 4.78 is 18.9. The van der Waals surface area contributed by atoms with Crippen LogP contribution < -0.4 is 0 Å². The predicted molar refractivity (Wildman–Crippen MR) is 97.2 cm³/mol. The molecule has 3 aromatic rings. The van der Waals surface area contributed by atoms with Crippen molar-refractivity contribution in [2.24, 2.45) is 0 Å². The highest BCUT2D eigenvalue weighted by molar-refractivity contribution is 7.98. The minimum absolute atomic E-state index is 0.168. The number of hydrogen-bond acceptors (Lipinski definition) is 5. The Morgan fingerprint density at radius 1 is 1.19 bits per heavy atom. The van der Waals surface area contributed by atoms with E-state index in [2.05, 4.69) is 10.1 Å². The standard InChI is InChI=1S/C19H18FN3O2S/c1-13-21-18(25-22-13)12-26-17-10-6-4-8-15(17)19(24)23(2)11-14-7-3-5-9-16(14)20/h3-10H,11-12H2,1-2H3. The number of halogens is 1. The number of amides is 1. The number of benzene rings is 2. The van der Waals surface area contributed by atoms with Crippen LogP contribution in [-0.4, -0.2) is 28.0 Å². The van der Waals surface area contributed by atoms with Crippen LogP contribution in [0.3, 0.4) is 0 Å². The van der Waals surface area contributed by atoms with Crippen LogP contribution in [0.15, 0.2) is 57.9 Å². The molecule has 0 fully saturated rings. The number of aromatic nitrogens is 2. The highest BCUT2D eigenvalue weighted by atomic mass is 32.2. The fourth-order valence-electron chi connectivity index (χ4n) is 2.47. The Morgan fingerprint density at radius 3 is 2.65 bits per heavy atom. The maximum Gasteiger partial charge on any atom is 0.255 e. The molecular weight excluding hydrogens is 353 g/mol. The van der Waals surface area contributed by atoms with Gasteiger partial charge in [0.05, 0.1) is 11.3 Å². The van der Waals surface area contributed by atoms with Crippen molar-refractivity contribution in [3.05, 3.63) is 77.2 Å². The molecule has 0 saturated carbocycles. The van der Waals surface area contributed by atoms with E-state index in [1.165, 1.54) is 22.7 Å². The number of hydrogen-bond donors (Lipinski definition) is 0. The molecule has 0 saturated heterocycles. The van der Waals surface area contributed by atoms with Gasteiger partial charge in [-0.3, -0.25) is 4.79 Å². The quantitative estimate of drug-likeness (QED) is 0.611. The van der Waals surface area contributed by atoms with Gasteiger partial charge in [-0.2, -0.15) is 4.98 Å². The van der Waals surface area contributed by atoms with E-state index in [0.29, 0.717) is 28.6 Å². The average Bonchev–Trinajstić information content (AvgIpc) is 3.07. The van der Waals surface area contributed by atoms with E-state index in [9.17, 15) is 9.18 Å². The van der Waals surface area contributed by atoms with Crippen LogP contribution in [0.2, 0.25) is 0 Å². The number of thioether (sulfide) groups is 1. The molecule has 26 heavy (non-hydrogen) atoms. The van der Waals surface area contributed by atoms with E-state index in [0.717, 1.165) is 4.90 Å². The van der Waals surface area contributed by atoms with Crippen molar-refractivity contribution in [1.82, 2.24) is 15.0 Å². The molecule has 1 amide bonds. The highest BCUT2D eigenvalue weighted by Crippen LogP contribution is 2.27. The summed E-state index contributed by atoms with van der Waals surface area (Å²) in [4.78, 5) is 19.3. The van der Waals surface area contributed by atoms with Crippen LogP contribution in [-0.2, 0) is 12.3 Å². The number of carbonyl (C=O) groups excluding carboxylic acids is 1. The molecule has 0 aliphatic carbocycles. The summed E-state index contributed by atoms with van der Waals surface area (Å²) in [5.74, 6) is 1.07. The van der Waals surface area contributed by atoms with Crippen LogP contribution in [0.1, 0.15) is 27.6 Å². The van der Waals surface area contributed by atoms with Crippen molar-refractivity contribution < 1.29 is 13.7 Å². The number of carbonyl (C=O) groups is 1. The summed E-state index contributed by atoms with van der Waals surface area (Å²) in [6.07, 6.45) is 0. The summed E-state index contributed by atoms with van der Waals surface area (Å²) in [5, 5.41) is 3.76. The Labute approximate surface area is 155 Å². The van der Waals surface area contributed by atoms with E-state index in [1.54, 1.807) is 38.2 Å². The molecule has 7 heteroatoms. The van der Waals surface area contributed by atoms with Gasteiger partial charge >= 0.3 is 0 Å². The lowest BCUT2D eigenvalue weighted by atomic mass is 10.1. The van der Waals surface area contributed by atoms with E-state index in [1.807, 2.05) is 18.2 Å². The number of aryl methyl sites for hydroxylation is 1. The lowest BCUT2D eigenvalue weighted by Crippen LogP contribution is -2.27. The number of rotatable bonds is 6. The molecule has 1 heterocycles. The Balaban J connectivity index is 1.73. The van der Waals surface area contributed by atoms with Gasteiger partial charge in [-0.25, -0.2) is 4.39 Å². The van der Waals surface area contributed by atoms with Gasteiger partial charge in [0.2, 0.25) is 5.89 Å². The van der Waals surface area contributed by atoms with Crippen LogP contribution in [0, 0.1) is 12.7 Å². The first-order chi connectivity index (χ1) is 12.5. The third kappa shape index (κ3) is 4.29. The molecule has 0 radical (unpaired) electrons. The van der Waals surface area contributed by atoms with Gasteiger partial charge < -0.3 is 9.42 Å². The Morgan fingerprint density at radius 2 is 1.92 bits per heavy atom. The van der Waals surface area contributed by atoms with Crippen LogP contribution in [0.5, 0.6) is 0 Å². The summed E-state index contributed by atoms with van der Waals surface area (Å²) in [6.45, 7) is 1.96. The fourth-order valence-corrected chi connectivity index (χ4v) is 3.35. The van der Waals surface area contributed by atoms with Gasteiger partial charge in [0, 0.05) is 24.1 Å². The van der Waals surface area contributed by atoms with Gasteiger partial charge in [0.25, 0.3) is 5.91 Å². The molecule has 0 spiro atoms. The van der Waals surface area contributed by atoms with Crippen molar-refractivity contribution in [1.29, 1.82) is 0 Å². The molecule has 0 bridgehead atoms. The lowest BCUT2D eigenvalue weighted by Gasteiger charge is -2.19. The Bertz CT molecular complexity index is 913. The van der Waals surface area contributed by atoms with Crippen molar-refractivity contribution in [2.75, 3.05) is 7.05 Å². The molecule has 0 N–H and O–H groups in total. The second-order valence-corrected chi connectivity index (χ2v) is 6.79. The third-order valence-electron chi connectivity index (χ3n) is 3.75. The summed E-state index contributed by atoms with van der Waals surface area (Å²) in [7, 11) is 1.66. The van der Waals surface area contributed by atoms with Gasteiger partial charge in [0.1, 0.15) is 5.82 Å². The van der Waals surface area contributed by atoms with Crippen molar-refractivity contribution >= 4 is 17.7 Å². The maximum atomic E-state index is 13.8. The van der Waals surface area contributed by atoms with Crippen molar-refractivity contribution in [2.45, 2.75) is 24.1 Å². The zero-order valence-electron chi connectivity index (χ0n) is 14.5. The predicted octanol–water partition coefficient (Wildman–Crippen LogP) is 4.08. The van der Waals surface area contributed by atoms with E-state index >= 15 is 0 Å².